The van der Waals surface area contributed by atoms with Crippen molar-refractivity contribution in [2.45, 2.75) is 19.6 Å². The van der Waals surface area contributed by atoms with Crippen molar-refractivity contribution in [1.29, 1.82) is 0 Å². The molecule has 0 spiro atoms. The number of nitrogens with two attached hydrogens (primary N) is 1. The molecule has 66 valence electrons. The zero-order valence-electron chi connectivity index (χ0n) is 6.92. The van der Waals surface area contributed by atoms with E-state index in [1.165, 1.54) is 6.07 Å². The second-order valence-electron chi connectivity index (χ2n) is 2.75. The van der Waals surface area contributed by atoms with Crippen molar-refractivity contribution in [3.8, 4) is 0 Å². The normalized spacial score (nSPS) is 13.0. The van der Waals surface area contributed by atoms with Crippen molar-refractivity contribution in [2.75, 3.05) is 0 Å². The second-order valence-corrected chi connectivity index (χ2v) is 2.75. The number of aliphatic hydroxyl groups is 1. The van der Waals surface area contributed by atoms with Crippen LogP contribution in [0.5, 0.6) is 0 Å². The van der Waals surface area contributed by atoms with E-state index in [1.54, 1.807) is 19.1 Å². The Morgan fingerprint density at radius 2 is 2.25 bits per heavy atom. The molecule has 12 heavy (non-hydrogen) atoms. The summed E-state index contributed by atoms with van der Waals surface area (Å²) in [5, 5.41) is 8.85. The fourth-order valence-electron chi connectivity index (χ4n) is 1.17. The monoisotopic (exact) mass is 169 g/mol. The highest BCUT2D eigenvalue weighted by molar-refractivity contribution is 5.30. The Morgan fingerprint density at radius 3 is 2.67 bits per heavy atom. The Labute approximate surface area is 70.8 Å². The lowest BCUT2D eigenvalue weighted by Gasteiger charge is -2.10. The van der Waals surface area contributed by atoms with Gasteiger partial charge in [-0.3, -0.25) is 0 Å². The molecule has 2 nitrogen and oxygen atoms in total. The maximum absolute atomic E-state index is 13.0. The molecule has 0 amide bonds. The zero-order chi connectivity index (χ0) is 9.14. The summed E-state index contributed by atoms with van der Waals surface area (Å²) >= 11 is 0. The van der Waals surface area contributed by atoms with E-state index < -0.39 is 5.82 Å². The van der Waals surface area contributed by atoms with Crippen LogP contribution in [0.2, 0.25) is 0 Å². The first kappa shape index (κ1) is 9.16. The molecule has 1 aromatic rings. The standard InChI is InChI=1S/C9H12FNO/c1-6(11)7-3-2-4-9(10)8(7)5-12/h2-4,6,12H,5,11H2,1H3. The van der Waals surface area contributed by atoms with Crippen LogP contribution in [0.1, 0.15) is 24.1 Å². The molecule has 0 bridgehead atoms. The smallest absolute Gasteiger partial charge is 0.129 e. The third-order valence-electron chi connectivity index (χ3n) is 1.80. The maximum atomic E-state index is 13.0. The molecule has 1 atom stereocenters. The lowest BCUT2D eigenvalue weighted by atomic mass is 10.0. The average Bonchev–Trinajstić information content (AvgIpc) is 2.03. The number of hydrogen-bond donors (Lipinski definition) is 2. The Hall–Kier alpha value is -0.930. The number of rotatable bonds is 2. The van der Waals surface area contributed by atoms with Gasteiger partial charge in [-0.25, -0.2) is 4.39 Å². The number of hydrogen-bond acceptors (Lipinski definition) is 2. The zero-order valence-corrected chi connectivity index (χ0v) is 6.92. The molecular formula is C9H12FNO. The first-order valence-electron chi connectivity index (χ1n) is 3.80. The predicted octanol–water partition coefficient (Wildman–Crippen LogP) is 1.34. The molecule has 3 heteroatoms. The van der Waals surface area contributed by atoms with Crippen LogP contribution in [-0.2, 0) is 6.61 Å². The number of halogens is 1. The van der Waals surface area contributed by atoms with Gasteiger partial charge in [-0.15, -0.1) is 0 Å². The van der Waals surface area contributed by atoms with Gasteiger partial charge in [0.15, 0.2) is 0 Å². The van der Waals surface area contributed by atoms with Crippen molar-refractivity contribution in [3.05, 3.63) is 35.1 Å². The van der Waals surface area contributed by atoms with Gasteiger partial charge in [0.2, 0.25) is 0 Å². The van der Waals surface area contributed by atoms with Gasteiger partial charge in [0.1, 0.15) is 5.82 Å². The van der Waals surface area contributed by atoms with Gasteiger partial charge in [0.25, 0.3) is 0 Å². The molecule has 0 aliphatic carbocycles. The Morgan fingerprint density at radius 1 is 1.58 bits per heavy atom. The van der Waals surface area contributed by atoms with E-state index in [-0.39, 0.29) is 12.6 Å². The van der Waals surface area contributed by atoms with E-state index in [0.717, 1.165) is 0 Å². The molecular weight excluding hydrogens is 157 g/mol. The summed E-state index contributed by atoms with van der Waals surface area (Å²) in [6, 6.07) is 4.38. The summed E-state index contributed by atoms with van der Waals surface area (Å²) in [7, 11) is 0. The molecule has 0 aromatic heterocycles. The van der Waals surface area contributed by atoms with Gasteiger partial charge in [-0.1, -0.05) is 12.1 Å². The summed E-state index contributed by atoms with van der Waals surface area (Å²) in [6.45, 7) is 1.46. The molecule has 3 N–H and O–H groups in total. The van der Waals surface area contributed by atoms with Crippen LogP contribution in [0.3, 0.4) is 0 Å². The van der Waals surface area contributed by atoms with Crippen LogP contribution < -0.4 is 5.73 Å². The van der Waals surface area contributed by atoms with Crippen molar-refractivity contribution in [2.24, 2.45) is 5.73 Å². The molecule has 1 rings (SSSR count). The minimum Gasteiger partial charge on any atom is -0.392 e. The van der Waals surface area contributed by atoms with Gasteiger partial charge >= 0.3 is 0 Å². The van der Waals surface area contributed by atoms with Crippen molar-refractivity contribution < 1.29 is 9.50 Å². The largest absolute Gasteiger partial charge is 0.392 e. The fraction of sp³-hybridized carbons (Fsp3) is 0.333. The number of aliphatic hydroxyl groups excluding tert-OH is 1. The fourth-order valence-corrected chi connectivity index (χ4v) is 1.17. The van der Waals surface area contributed by atoms with Crippen LogP contribution in [0.15, 0.2) is 18.2 Å². The van der Waals surface area contributed by atoms with Gasteiger partial charge in [0, 0.05) is 11.6 Å². The topological polar surface area (TPSA) is 46.2 Å². The van der Waals surface area contributed by atoms with Crippen molar-refractivity contribution >= 4 is 0 Å². The lowest BCUT2D eigenvalue weighted by Crippen LogP contribution is -2.09. The summed E-state index contributed by atoms with van der Waals surface area (Å²) in [4.78, 5) is 0. The third kappa shape index (κ3) is 1.62. The van der Waals surface area contributed by atoms with E-state index in [1.807, 2.05) is 0 Å². The van der Waals surface area contributed by atoms with Crippen LogP contribution in [0.25, 0.3) is 0 Å². The highest BCUT2D eigenvalue weighted by Crippen LogP contribution is 2.18. The van der Waals surface area contributed by atoms with E-state index in [9.17, 15) is 4.39 Å². The third-order valence-corrected chi connectivity index (χ3v) is 1.80. The lowest BCUT2D eigenvalue weighted by molar-refractivity contribution is 0.273. The second kappa shape index (κ2) is 3.65. The minimum absolute atomic E-state index is 0.247. The molecule has 0 radical (unpaired) electrons. The van der Waals surface area contributed by atoms with Gasteiger partial charge in [0.05, 0.1) is 6.61 Å². The van der Waals surface area contributed by atoms with Crippen molar-refractivity contribution in [3.63, 3.8) is 0 Å². The Bertz CT molecular complexity index is 273. The SMILES string of the molecule is CC(N)c1cccc(F)c1CO. The minimum atomic E-state index is -0.396. The molecule has 0 heterocycles. The Balaban J connectivity index is 3.18. The molecule has 1 aromatic carbocycles. The van der Waals surface area contributed by atoms with E-state index >= 15 is 0 Å². The summed E-state index contributed by atoms with van der Waals surface area (Å²) < 4.78 is 13.0. The van der Waals surface area contributed by atoms with Gasteiger partial charge < -0.3 is 10.8 Å². The van der Waals surface area contributed by atoms with Crippen LogP contribution in [0, 0.1) is 5.82 Å². The van der Waals surface area contributed by atoms with E-state index in [2.05, 4.69) is 0 Å². The van der Waals surface area contributed by atoms with Crippen LogP contribution in [-0.4, -0.2) is 5.11 Å². The summed E-state index contributed by atoms with van der Waals surface area (Å²) in [5.74, 6) is -0.396. The van der Waals surface area contributed by atoms with Gasteiger partial charge in [-0.2, -0.15) is 0 Å². The maximum Gasteiger partial charge on any atom is 0.129 e. The average molecular weight is 169 g/mol. The molecule has 0 aliphatic heterocycles. The van der Waals surface area contributed by atoms with Crippen LogP contribution in [0.4, 0.5) is 4.39 Å². The summed E-state index contributed by atoms with van der Waals surface area (Å²) in [6.07, 6.45) is 0. The molecule has 0 aliphatic rings. The predicted molar refractivity (Wildman–Crippen MR) is 44.9 cm³/mol. The van der Waals surface area contributed by atoms with Gasteiger partial charge in [-0.05, 0) is 18.6 Å². The molecule has 1 unspecified atom stereocenters. The van der Waals surface area contributed by atoms with Crippen LogP contribution >= 0.6 is 0 Å². The molecule has 0 saturated heterocycles. The first-order valence-corrected chi connectivity index (χ1v) is 3.80. The van der Waals surface area contributed by atoms with Crippen molar-refractivity contribution in [1.82, 2.24) is 0 Å². The first-order chi connectivity index (χ1) is 5.66. The van der Waals surface area contributed by atoms with E-state index in [4.69, 9.17) is 10.8 Å². The molecule has 0 fully saturated rings. The van der Waals surface area contributed by atoms with E-state index in [0.29, 0.717) is 11.1 Å². The quantitative estimate of drug-likeness (QED) is 0.701. The molecule has 0 saturated carbocycles. The number of benzene rings is 1. The summed E-state index contributed by atoms with van der Waals surface area (Å²) in [5.41, 5.74) is 6.54. The Kier molecular flexibility index (Phi) is 2.78. The highest BCUT2D eigenvalue weighted by Gasteiger charge is 2.09. The highest BCUT2D eigenvalue weighted by atomic mass is 19.1.